The Hall–Kier alpha value is -0.300. The molecular formula is C10H17N. The van der Waals surface area contributed by atoms with Crippen LogP contribution in [0.1, 0.15) is 32.6 Å². The second-order valence-corrected chi connectivity index (χ2v) is 3.90. The first kappa shape index (κ1) is 7.35. The van der Waals surface area contributed by atoms with E-state index in [0.29, 0.717) is 0 Å². The van der Waals surface area contributed by atoms with E-state index in [4.69, 9.17) is 0 Å². The zero-order valence-electron chi connectivity index (χ0n) is 7.27. The molecule has 0 aromatic rings. The van der Waals surface area contributed by atoms with Crippen molar-refractivity contribution in [2.75, 3.05) is 6.54 Å². The van der Waals surface area contributed by atoms with E-state index in [1.807, 2.05) is 0 Å². The lowest BCUT2D eigenvalue weighted by atomic mass is 10.1. The number of allylic oxidation sites excluding steroid dienone is 1. The molecule has 1 saturated heterocycles. The molecule has 2 rings (SSSR count). The van der Waals surface area contributed by atoms with Gasteiger partial charge in [-0.25, -0.2) is 0 Å². The smallest absolute Gasteiger partial charge is 0.0277 e. The van der Waals surface area contributed by atoms with Crippen molar-refractivity contribution < 1.29 is 0 Å². The molecule has 1 saturated carbocycles. The van der Waals surface area contributed by atoms with Crippen LogP contribution in [0.2, 0.25) is 0 Å². The monoisotopic (exact) mass is 151 g/mol. The largest absolute Gasteiger partial charge is 0.310 e. The minimum absolute atomic E-state index is 0.718. The highest BCUT2D eigenvalue weighted by molar-refractivity contribution is 5.13. The van der Waals surface area contributed by atoms with Crippen molar-refractivity contribution in [1.29, 1.82) is 0 Å². The summed E-state index contributed by atoms with van der Waals surface area (Å²) in [4.78, 5) is 0. The minimum atomic E-state index is 0.718. The van der Waals surface area contributed by atoms with Crippen LogP contribution in [0.4, 0.5) is 0 Å². The van der Waals surface area contributed by atoms with Crippen molar-refractivity contribution in [3.63, 3.8) is 0 Å². The summed E-state index contributed by atoms with van der Waals surface area (Å²) in [7, 11) is 0. The third kappa shape index (κ3) is 1.84. The van der Waals surface area contributed by atoms with Gasteiger partial charge in [-0.15, -0.1) is 0 Å². The molecule has 0 aromatic carbocycles. The molecule has 0 aromatic heterocycles. The van der Waals surface area contributed by atoms with Crippen LogP contribution < -0.4 is 5.32 Å². The zero-order valence-corrected chi connectivity index (χ0v) is 7.27. The zero-order chi connectivity index (χ0) is 7.68. The Balaban J connectivity index is 1.90. The molecule has 1 atom stereocenters. The van der Waals surface area contributed by atoms with E-state index in [1.54, 1.807) is 5.57 Å². The van der Waals surface area contributed by atoms with Crippen LogP contribution in [0, 0.1) is 5.92 Å². The Bertz CT molecular complexity index is 162. The van der Waals surface area contributed by atoms with Gasteiger partial charge in [0.1, 0.15) is 0 Å². The number of hydrogen-bond acceptors (Lipinski definition) is 1. The molecule has 11 heavy (non-hydrogen) atoms. The molecule has 1 aliphatic heterocycles. The Labute approximate surface area is 68.9 Å². The van der Waals surface area contributed by atoms with E-state index < -0.39 is 0 Å². The first-order valence-electron chi connectivity index (χ1n) is 4.78. The van der Waals surface area contributed by atoms with Crippen molar-refractivity contribution >= 4 is 0 Å². The summed E-state index contributed by atoms with van der Waals surface area (Å²) in [6, 6.07) is 0.718. The molecule has 0 spiro atoms. The average Bonchev–Trinajstić information content (AvgIpc) is 2.67. The highest BCUT2D eigenvalue weighted by Gasteiger charge is 2.21. The van der Waals surface area contributed by atoms with Gasteiger partial charge < -0.3 is 5.32 Å². The predicted molar refractivity (Wildman–Crippen MR) is 47.5 cm³/mol. The van der Waals surface area contributed by atoms with Crippen molar-refractivity contribution in [1.82, 2.24) is 5.32 Å². The van der Waals surface area contributed by atoms with Gasteiger partial charge >= 0.3 is 0 Å². The number of hydrogen-bond donors (Lipinski definition) is 1. The fourth-order valence-electron chi connectivity index (χ4n) is 1.82. The van der Waals surface area contributed by atoms with Gasteiger partial charge in [0.05, 0.1) is 0 Å². The third-order valence-corrected chi connectivity index (χ3v) is 2.73. The van der Waals surface area contributed by atoms with Gasteiger partial charge in [-0.1, -0.05) is 11.6 Å². The lowest BCUT2D eigenvalue weighted by Gasteiger charge is -2.09. The van der Waals surface area contributed by atoms with Crippen LogP contribution in [0.3, 0.4) is 0 Å². The normalized spacial score (nSPS) is 32.8. The van der Waals surface area contributed by atoms with Gasteiger partial charge in [0.2, 0.25) is 0 Å². The quantitative estimate of drug-likeness (QED) is 0.596. The fraction of sp³-hybridized carbons (Fsp3) is 0.800. The van der Waals surface area contributed by atoms with E-state index in [2.05, 4.69) is 18.3 Å². The summed E-state index contributed by atoms with van der Waals surface area (Å²) < 4.78 is 0. The van der Waals surface area contributed by atoms with Crippen LogP contribution in [0.25, 0.3) is 0 Å². The lowest BCUT2D eigenvalue weighted by Crippen LogP contribution is -2.22. The Morgan fingerprint density at radius 3 is 2.73 bits per heavy atom. The van der Waals surface area contributed by atoms with Gasteiger partial charge in [-0.3, -0.25) is 0 Å². The standard InChI is InChI=1S/C10H17N/c1-8(7-9-4-5-9)10-3-2-6-11-10/h7,9-11H,2-6H2,1H3/b8-7-. The summed E-state index contributed by atoms with van der Waals surface area (Å²) in [6.45, 7) is 3.50. The summed E-state index contributed by atoms with van der Waals surface area (Å²) in [5.41, 5.74) is 1.59. The average molecular weight is 151 g/mol. The minimum Gasteiger partial charge on any atom is -0.310 e. The summed E-state index contributed by atoms with van der Waals surface area (Å²) >= 11 is 0. The Kier molecular flexibility index (Phi) is 1.99. The van der Waals surface area contributed by atoms with Crippen LogP contribution in [-0.2, 0) is 0 Å². The molecule has 1 aliphatic carbocycles. The van der Waals surface area contributed by atoms with Crippen molar-refractivity contribution in [3.8, 4) is 0 Å². The maximum absolute atomic E-state index is 3.52. The molecule has 0 bridgehead atoms. The molecule has 2 fully saturated rings. The highest BCUT2D eigenvalue weighted by Crippen LogP contribution is 2.32. The molecule has 0 amide bonds. The molecule has 2 aliphatic rings. The maximum Gasteiger partial charge on any atom is 0.0277 e. The van der Waals surface area contributed by atoms with Crippen molar-refractivity contribution in [3.05, 3.63) is 11.6 Å². The van der Waals surface area contributed by atoms with E-state index in [0.717, 1.165) is 12.0 Å². The van der Waals surface area contributed by atoms with Crippen LogP contribution >= 0.6 is 0 Å². The first-order chi connectivity index (χ1) is 5.36. The summed E-state index contributed by atoms with van der Waals surface area (Å²) in [5, 5.41) is 3.52. The Morgan fingerprint density at radius 2 is 2.18 bits per heavy atom. The van der Waals surface area contributed by atoms with Crippen molar-refractivity contribution in [2.45, 2.75) is 38.6 Å². The molecule has 1 N–H and O–H groups in total. The summed E-state index contributed by atoms with van der Waals surface area (Å²) in [6.07, 6.45) is 8.06. The van der Waals surface area contributed by atoms with E-state index in [1.165, 1.54) is 32.2 Å². The van der Waals surface area contributed by atoms with E-state index in [9.17, 15) is 0 Å². The molecular weight excluding hydrogens is 134 g/mol. The van der Waals surface area contributed by atoms with Gasteiger partial charge in [-0.2, -0.15) is 0 Å². The number of nitrogens with one attached hydrogen (secondary N) is 1. The molecule has 1 heterocycles. The first-order valence-corrected chi connectivity index (χ1v) is 4.78. The third-order valence-electron chi connectivity index (χ3n) is 2.73. The van der Waals surface area contributed by atoms with Crippen LogP contribution in [0.5, 0.6) is 0 Å². The van der Waals surface area contributed by atoms with Crippen LogP contribution in [-0.4, -0.2) is 12.6 Å². The van der Waals surface area contributed by atoms with E-state index >= 15 is 0 Å². The maximum atomic E-state index is 3.52. The second kappa shape index (κ2) is 2.98. The Morgan fingerprint density at radius 1 is 1.36 bits per heavy atom. The van der Waals surface area contributed by atoms with Crippen molar-refractivity contribution in [2.24, 2.45) is 5.92 Å². The fourth-order valence-corrected chi connectivity index (χ4v) is 1.82. The summed E-state index contributed by atoms with van der Waals surface area (Å²) in [5.74, 6) is 0.942. The lowest BCUT2D eigenvalue weighted by molar-refractivity contribution is 0.684. The molecule has 1 nitrogen and oxygen atoms in total. The molecule has 1 heteroatoms. The SMILES string of the molecule is C/C(=C/C1CC1)C1CCCN1. The van der Waals surface area contributed by atoms with Gasteiger partial charge in [-0.05, 0) is 45.1 Å². The molecule has 62 valence electrons. The number of rotatable bonds is 2. The topological polar surface area (TPSA) is 12.0 Å². The van der Waals surface area contributed by atoms with Gasteiger partial charge in [0, 0.05) is 6.04 Å². The second-order valence-electron chi connectivity index (χ2n) is 3.90. The van der Waals surface area contributed by atoms with Crippen LogP contribution in [0.15, 0.2) is 11.6 Å². The van der Waals surface area contributed by atoms with E-state index in [-0.39, 0.29) is 0 Å². The highest BCUT2D eigenvalue weighted by atomic mass is 14.9. The van der Waals surface area contributed by atoms with Gasteiger partial charge in [0.15, 0.2) is 0 Å². The predicted octanol–water partition coefficient (Wildman–Crippen LogP) is 2.09. The molecule has 0 radical (unpaired) electrons. The van der Waals surface area contributed by atoms with Gasteiger partial charge in [0.25, 0.3) is 0 Å². The molecule has 1 unspecified atom stereocenters.